The van der Waals surface area contributed by atoms with Gasteiger partial charge in [0.05, 0.1) is 6.61 Å². The number of rotatable bonds is 15. The van der Waals surface area contributed by atoms with Crippen LogP contribution in [0.3, 0.4) is 0 Å². The van der Waals surface area contributed by atoms with Gasteiger partial charge in [-0.25, -0.2) is 4.79 Å². The van der Waals surface area contributed by atoms with Crippen LogP contribution < -0.4 is 0 Å². The van der Waals surface area contributed by atoms with E-state index in [0.717, 1.165) is 25.7 Å². The normalized spacial score (nSPS) is 12.4. The van der Waals surface area contributed by atoms with Gasteiger partial charge in [0.1, 0.15) is 6.61 Å². The van der Waals surface area contributed by atoms with Crippen molar-refractivity contribution in [3.63, 3.8) is 0 Å². The monoisotopic (exact) mass is 320 g/mol. The standard InChI is InChI=1S/C20H32O3/c1-2-3-4-5-6-7-8-9-10-11-12-13-14-15-16-17-18-23-19-20(21)22/h6-7,9-10,12-13,15-16H,2-5,8,11,14,17-19H2,1H3,(H,21,22). The summed E-state index contributed by atoms with van der Waals surface area (Å²) in [6.45, 7) is 2.47. The number of carbonyl (C=O) groups is 1. The van der Waals surface area contributed by atoms with Crippen LogP contribution in [0, 0.1) is 0 Å². The lowest BCUT2D eigenvalue weighted by Crippen LogP contribution is -2.07. The molecule has 0 aromatic carbocycles. The molecule has 3 nitrogen and oxygen atoms in total. The summed E-state index contributed by atoms with van der Waals surface area (Å²) in [5.74, 6) is -0.919. The zero-order valence-electron chi connectivity index (χ0n) is 14.5. The first-order valence-electron chi connectivity index (χ1n) is 8.67. The van der Waals surface area contributed by atoms with Crippen LogP contribution in [0.2, 0.25) is 0 Å². The highest BCUT2D eigenvalue weighted by molar-refractivity contribution is 5.67. The largest absolute Gasteiger partial charge is 0.480 e. The summed E-state index contributed by atoms with van der Waals surface area (Å²) < 4.78 is 4.93. The minimum Gasteiger partial charge on any atom is -0.480 e. The first-order chi connectivity index (χ1) is 11.3. The van der Waals surface area contributed by atoms with Gasteiger partial charge >= 0.3 is 5.97 Å². The Morgan fingerprint density at radius 2 is 1.35 bits per heavy atom. The Bertz CT molecular complexity index is 378. The van der Waals surface area contributed by atoms with Gasteiger partial charge in [0.2, 0.25) is 0 Å². The van der Waals surface area contributed by atoms with Gasteiger partial charge in [-0.15, -0.1) is 0 Å². The SMILES string of the molecule is CCCCCC=CCC=CCC=CCC=CCCOCC(=O)O. The van der Waals surface area contributed by atoms with Gasteiger partial charge in [-0.3, -0.25) is 0 Å². The molecular weight excluding hydrogens is 288 g/mol. The van der Waals surface area contributed by atoms with E-state index in [1.54, 1.807) is 0 Å². The Morgan fingerprint density at radius 1 is 0.826 bits per heavy atom. The van der Waals surface area contributed by atoms with Gasteiger partial charge in [0, 0.05) is 0 Å². The number of carboxylic acids is 1. The maximum absolute atomic E-state index is 10.2. The molecule has 0 aliphatic heterocycles. The summed E-state index contributed by atoms with van der Waals surface area (Å²) in [5, 5.41) is 8.39. The number of ether oxygens (including phenoxy) is 1. The molecular formula is C20H32O3. The molecule has 130 valence electrons. The lowest BCUT2D eigenvalue weighted by molar-refractivity contribution is -0.142. The Hall–Kier alpha value is -1.61. The summed E-state index contributed by atoms with van der Waals surface area (Å²) >= 11 is 0. The number of carboxylic acid groups (broad SMARTS) is 1. The van der Waals surface area contributed by atoms with Gasteiger partial charge in [-0.2, -0.15) is 0 Å². The number of hydrogen-bond donors (Lipinski definition) is 1. The summed E-state index contributed by atoms with van der Waals surface area (Å²) in [5.41, 5.74) is 0. The number of hydrogen-bond acceptors (Lipinski definition) is 2. The Morgan fingerprint density at radius 3 is 1.87 bits per heavy atom. The number of allylic oxidation sites excluding steroid dienone is 7. The number of aliphatic carboxylic acids is 1. The summed E-state index contributed by atoms with van der Waals surface area (Å²) in [6, 6.07) is 0. The first-order valence-corrected chi connectivity index (χ1v) is 8.67. The Labute approximate surface area is 141 Å². The smallest absolute Gasteiger partial charge is 0.329 e. The minimum atomic E-state index is -0.919. The average molecular weight is 320 g/mol. The van der Waals surface area contributed by atoms with Crippen molar-refractivity contribution in [3.8, 4) is 0 Å². The van der Waals surface area contributed by atoms with Crippen LogP contribution in [0.5, 0.6) is 0 Å². The predicted molar refractivity (Wildman–Crippen MR) is 97.6 cm³/mol. The van der Waals surface area contributed by atoms with Gasteiger partial charge < -0.3 is 9.84 Å². The molecule has 0 aromatic heterocycles. The molecule has 0 amide bonds. The van der Waals surface area contributed by atoms with E-state index >= 15 is 0 Å². The molecule has 0 unspecified atom stereocenters. The van der Waals surface area contributed by atoms with Crippen molar-refractivity contribution in [1.29, 1.82) is 0 Å². The fraction of sp³-hybridized carbons (Fsp3) is 0.550. The molecule has 3 heteroatoms. The maximum Gasteiger partial charge on any atom is 0.329 e. The fourth-order valence-corrected chi connectivity index (χ4v) is 1.87. The molecule has 0 aromatic rings. The van der Waals surface area contributed by atoms with Gasteiger partial charge in [0.15, 0.2) is 0 Å². The molecule has 0 atom stereocenters. The molecule has 0 aliphatic carbocycles. The third kappa shape index (κ3) is 20.4. The van der Waals surface area contributed by atoms with Crippen molar-refractivity contribution in [2.45, 2.75) is 58.3 Å². The van der Waals surface area contributed by atoms with Crippen molar-refractivity contribution in [1.82, 2.24) is 0 Å². The highest BCUT2D eigenvalue weighted by Gasteiger charge is 1.93. The third-order valence-electron chi connectivity index (χ3n) is 3.11. The summed E-state index contributed by atoms with van der Waals surface area (Å²) in [4.78, 5) is 10.2. The lowest BCUT2D eigenvalue weighted by atomic mass is 10.2. The van der Waals surface area contributed by atoms with E-state index in [4.69, 9.17) is 9.84 Å². The molecule has 0 fully saturated rings. The predicted octanol–water partition coefficient (Wildman–Crippen LogP) is 5.45. The third-order valence-corrected chi connectivity index (χ3v) is 3.11. The van der Waals surface area contributed by atoms with Crippen LogP contribution in [0.15, 0.2) is 48.6 Å². The molecule has 0 heterocycles. The molecule has 0 aliphatic rings. The van der Waals surface area contributed by atoms with Crippen molar-refractivity contribution in [3.05, 3.63) is 48.6 Å². The zero-order valence-corrected chi connectivity index (χ0v) is 14.5. The summed E-state index contributed by atoms with van der Waals surface area (Å²) in [7, 11) is 0. The molecule has 0 rings (SSSR count). The van der Waals surface area contributed by atoms with Gasteiger partial charge in [-0.1, -0.05) is 68.4 Å². The van der Waals surface area contributed by atoms with Crippen LogP contribution in [0.4, 0.5) is 0 Å². The van der Waals surface area contributed by atoms with E-state index in [1.165, 1.54) is 25.7 Å². The minimum absolute atomic E-state index is 0.214. The van der Waals surface area contributed by atoms with Crippen LogP contribution in [0.1, 0.15) is 58.3 Å². The zero-order chi connectivity index (χ0) is 17.0. The highest BCUT2D eigenvalue weighted by atomic mass is 16.5. The van der Waals surface area contributed by atoms with Crippen molar-refractivity contribution in [2.75, 3.05) is 13.2 Å². The Kier molecular flexibility index (Phi) is 17.1. The van der Waals surface area contributed by atoms with E-state index in [9.17, 15) is 4.79 Å². The van der Waals surface area contributed by atoms with Crippen LogP contribution in [-0.2, 0) is 9.53 Å². The Balaban J connectivity index is 3.39. The summed E-state index contributed by atoms with van der Waals surface area (Å²) in [6.07, 6.45) is 26.1. The van der Waals surface area contributed by atoms with Crippen molar-refractivity contribution < 1.29 is 14.6 Å². The first kappa shape index (κ1) is 21.4. The molecule has 23 heavy (non-hydrogen) atoms. The highest BCUT2D eigenvalue weighted by Crippen LogP contribution is 2.00. The molecule has 0 saturated carbocycles. The topological polar surface area (TPSA) is 46.5 Å². The second-order valence-electron chi connectivity index (χ2n) is 5.32. The van der Waals surface area contributed by atoms with Crippen LogP contribution >= 0.6 is 0 Å². The fourth-order valence-electron chi connectivity index (χ4n) is 1.87. The molecule has 0 spiro atoms. The molecule has 0 radical (unpaired) electrons. The average Bonchev–Trinajstić information content (AvgIpc) is 2.53. The molecule has 1 N–H and O–H groups in total. The lowest BCUT2D eigenvalue weighted by Gasteiger charge is -1.95. The maximum atomic E-state index is 10.2. The molecule has 0 bridgehead atoms. The molecule has 0 saturated heterocycles. The van der Waals surface area contributed by atoms with Gasteiger partial charge in [-0.05, 0) is 38.5 Å². The van der Waals surface area contributed by atoms with Crippen LogP contribution in [-0.4, -0.2) is 24.3 Å². The van der Waals surface area contributed by atoms with E-state index in [0.29, 0.717) is 6.61 Å². The van der Waals surface area contributed by atoms with Crippen molar-refractivity contribution >= 4 is 5.97 Å². The van der Waals surface area contributed by atoms with E-state index in [1.807, 2.05) is 6.08 Å². The number of unbranched alkanes of at least 4 members (excludes halogenated alkanes) is 3. The van der Waals surface area contributed by atoms with Gasteiger partial charge in [0.25, 0.3) is 0 Å². The van der Waals surface area contributed by atoms with E-state index in [-0.39, 0.29) is 6.61 Å². The second kappa shape index (κ2) is 18.4. The van der Waals surface area contributed by atoms with Crippen molar-refractivity contribution in [2.24, 2.45) is 0 Å². The van der Waals surface area contributed by atoms with Crippen LogP contribution in [0.25, 0.3) is 0 Å². The second-order valence-corrected chi connectivity index (χ2v) is 5.32. The van der Waals surface area contributed by atoms with E-state index < -0.39 is 5.97 Å². The quantitative estimate of drug-likeness (QED) is 0.322. The van der Waals surface area contributed by atoms with E-state index in [2.05, 4.69) is 49.5 Å².